The first-order valence-electron chi connectivity index (χ1n) is 8.36. The molecular formula is C19H26N2. The second-order valence-corrected chi connectivity index (χ2v) is 6.59. The van der Waals surface area contributed by atoms with Gasteiger partial charge in [0, 0.05) is 18.1 Å². The van der Waals surface area contributed by atoms with E-state index in [0.717, 1.165) is 30.4 Å². The van der Waals surface area contributed by atoms with Gasteiger partial charge < -0.3 is 5.32 Å². The number of nitrogens with one attached hydrogen (secondary N) is 1. The Morgan fingerprint density at radius 3 is 3.00 bits per heavy atom. The van der Waals surface area contributed by atoms with Gasteiger partial charge in [-0.1, -0.05) is 44.4 Å². The lowest BCUT2D eigenvalue weighted by atomic mass is 9.81. The van der Waals surface area contributed by atoms with Crippen LogP contribution in [-0.4, -0.2) is 11.5 Å². The zero-order valence-corrected chi connectivity index (χ0v) is 13.0. The predicted octanol–water partition coefficient (Wildman–Crippen LogP) is 4.54. The first-order valence-corrected chi connectivity index (χ1v) is 8.36. The molecular weight excluding hydrogens is 256 g/mol. The molecule has 112 valence electrons. The molecule has 2 nitrogen and oxygen atoms in total. The molecule has 1 aromatic heterocycles. The molecule has 1 saturated carbocycles. The second-order valence-electron chi connectivity index (χ2n) is 6.59. The van der Waals surface area contributed by atoms with Crippen molar-refractivity contribution in [3.05, 3.63) is 42.1 Å². The number of fused-ring (bicyclic) bond motifs is 1. The molecule has 2 heteroatoms. The monoisotopic (exact) mass is 282 g/mol. The molecule has 1 aliphatic rings. The summed E-state index contributed by atoms with van der Waals surface area (Å²) in [5, 5.41) is 4.90. The quantitative estimate of drug-likeness (QED) is 0.814. The Balaban J connectivity index is 1.50. The SMILES string of the molecule is CC1CCCC(CCNCc2ccnc3ccccc23)C1. The first kappa shape index (κ1) is 14.5. The van der Waals surface area contributed by atoms with Gasteiger partial charge in [-0.05, 0) is 48.9 Å². The average molecular weight is 282 g/mol. The van der Waals surface area contributed by atoms with Gasteiger partial charge in [0.15, 0.2) is 0 Å². The lowest BCUT2D eigenvalue weighted by Gasteiger charge is -2.26. The van der Waals surface area contributed by atoms with Gasteiger partial charge in [-0.3, -0.25) is 4.98 Å². The number of rotatable bonds is 5. The molecule has 1 N–H and O–H groups in total. The molecule has 0 saturated heterocycles. The van der Waals surface area contributed by atoms with Crippen molar-refractivity contribution in [3.63, 3.8) is 0 Å². The molecule has 1 aliphatic carbocycles. The highest BCUT2D eigenvalue weighted by atomic mass is 14.8. The van der Waals surface area contributed by atoms with E-state index in [1.54, 1.807) is 0 Å². The van der Waals surface area contributed by atoms with Gasteiger partial charge in [0.05, 0.1) is 5.52 Å². The maximum atomic E-state index is 4.42. The van der Waals surface area contributed by atoms with Gasteiger partial charge in [-0.25, -0.2) is 0 Å². The first-order chi connectivity index (χ1) is 10.3. The summed E-state index contributed by atoms with van der Waals surface area (Å²) in [4.78, 5) is 4.42. The second kappa shape index (κ2) is 7.04. The number of para-hydroxylation sites is 1. The summed E-state index contributed by atoms with van der Waals surface area (Å²) in [5.74, 6) is 1.88. The summed E-state index contributed by atoms with van der Waals surface area (Å²) in [6.45, 7) is 4.49. The van der Waals surface area contributed by atoms with E-state index in [9.17, 15) is 0 Å². The molecule has 0 aliphatic heterocycles. The van der Waals surface area contributed by atoms with Crippen LogP contribution in [0.25, 0.3) is 10.9 Å². The standard InChI is InChI=1S/C19H26N2/c1-15-5-4-6-16(13-15)9-11-20-14-17-10-12-21-19-8-3-2-7-18(17)19/h2-3,7-8,10,12,15-16,20H,4-6,9,11,13-14H2,1H3. The molecule has 1 fully saturated rings. The third-order valence-electron chi connectivity index (χ3n) is 4.83. The van der Waals surface area contributed by atoms with Crippen molar-refractivity contribution < 1.29 is 0 Å². The van der Waals surface area contributed by atoms with E-state index >= 15 is 0 Å². The molecule has 1 aromatic carbocycles. The molecule has 2 atom stereocenters. The summed E-state index contributed by atoms with van der Waals surface area (Å²) in [7, 11) is 0. The smallest absolute Gasteiger partial charge is 0.0705 e. The Labute approximate surface area is 128 Å². The van der Waals surface area contributed by atoms with Gasteiger partial charge >= 0.3 is 0 Å². The van der Waals surface area contributed by atoms with Crippen LogP contribution < -0.4 is 5.32 Å². The zero-order chi connectivity index (χ0) is 14.5. The van der Waals surface area contributed by atoms with Crippen LogP contribution in [0, 0.1) is 11.8 Å². The van der Waals surface area contributed by atoms with E-state index in [2.05, 4.69) is 47.6 Å². The Bertz CT molecular complexity index is 573. The van der Waals surface area contributed by atoms with Gasteiger partial charge in [0.2, 0.25) is 0 Å². The summed E-state index contributed by atoms with van der Waals surface area (Å²) < 4.78 is 0. The number of benzene rings is 1. The maximum absolute atomic E-state index is 4.42. The average Bonchev–Trinajstić information content (AvgIpc) is 2.52. The minimum atomic E-state index is 0.938. The Morgan fingerprint density at radius 2 is 2.10 bits per heavy atom. The number of hydrogen-bond acceptors (Lipinski definition) is 2. The molecule has 0 amide bonds. The van der Waals surface area contributed by atoms with Crippen LogP contribution >= 0.6 is 0 Å². The van der Waals surface area contributed by atoms with Crippen molar-refractivity contribution in [2.75, 3.05) is 6.54 Å². The predicted molar refractivity (Wildman–Crippen MR) is 89.2 cm³/mol. The Morgan fingerprint density at radius 1 is 1.19 bits per heavy atom. The summed E-state index contributed by atoms with van der Waals surface area (Å²) in [5.41, 5.74) is 2.45. The summed E-state index contributed by atoms with van der Waals surface area (Å²) in [6, 6.07) is 10.5. The van der Waals surface area contributed by atoms with Crippen molar-refractivity contribution in [1.29, 1.82) is 0 Å². The zero-order valence-electron chi connectivity index (χ0n) is 13.0. The lowest BCUT2D eigenvalue weighted by Crippen LogP contribution is -2.21. The van der Waals surface area contributed by atoms with Crippen LogP contribution in [-0.2, 0) is 6.54 Å². The fourth-order valence-electron chi connectivity index (χ4n) is 3.66. The van der Waals surface area contributed by atoms with Crippen LogP contribution in [0.1, 0.15) is 44.6 Å². The third kappa shape index (κ3) is 3.82. The van der Waals surface area contributed by atoms with Crippen LogP contribution in [0.4, 0.5) is 0 Å². The summed E-state index contributed by atoms with van der Waals surface area (Å²) in [6.07, 6.45) is 8.98. The number of nitrogens with zero attached hydrogens (tertiary/aromatic N) is 1. The normalized spacial score (nSPS) is 22.5. The van der Waals surface area contributed by atoms with Crippen molar-refractivity contribution in [2.45, 2.75) is 45.6 Å². The minimum Gasteiger partial charge on any atom is -0.313 e. The van der Waals surface area contributed by atoms with Gasteiger partial charge in [-0.15, -0.1) is 0 Å². The number of hydrogen-bond donors (Lipinski definition) is 1. The van der Waals surface area contributed by atoms with Gasteiger partial charge in [0.1, 0.15) is 0 Å². The number of aromatic nitrogens is 1. The molecule has 21 heavy (non-hydrogen) atoms. The van der Waals surface area contributed by atoms with Crippen LogP contribution in [0.5, 0.6) is 0 Å². The molecule has 0 spiro atoms. The highest BCUT2D eigenvalue weighted by Crippen LogP contribution is 2.30. The summed E-state index contributed by atoms with van der Waals surface area (Å²) >= 11 is 0. The van der Waals surface area contributed by atoms with Crippen molar-refractivity contribution in [3.8, 4) is 0 Å². The topological polar surface area (TPSA) is 24.9 Å². The molecule has 3 rings (SSSR count). The maximum Gasteiger partial charge on any atom is 0.0705 e. The minimum absolute atomic E-state index is 0.938. The highest BCUT2D eigenvalue weighted by Gasteiger charge is 2.18. The highest BCUT2D eigenvalue weighted by molar-refractivity contribution is 5.81. The molecule has 2 unspecified atom stereocenters. The van der Waals surface area contributed by atoms with Crippen molar-refractivity contribution in [2.24, 2.45) is 11.8 Å². The van der Waals surface area contributed by atoms with E-state index in [-0.39, 0.29) is 0 Å². The molecule has 0 bridgehead atoms. The lowest BCUT2D eigenvalue weighted by molar-refractivity contribution is 0.267. The molecule has 1 heterocycles. The van der Waals surface area contributed by atoms with Gasteiger partial charge in [0.25, 0.3) is 0 Å². The van der Waals surface area contributed by atoms with Crippen LogP contribution in [0.15, 0.2) is 36.5 Å². The van der Waals surface area contributed by atoms with Crippen molar-refractivity contribution >= 4 is 10.9 Å². The van der Waals surface area contributed by atoms with E-state index in [4.69, 9.17) is 0 Å². The van der Waals surface area contributed by atoms with E-state index in [0.29, 0.717) is 0 Å². The Kier molecular flexibility index (Phi) is 4.87. The van der Waals surface area contributed by atoms with E-state index < -0.39 is 0 Å². The molecule has 0 radical (unpaired) electrons. The largest absolute Gasteiger partial charge is 0.313 e. The van der Waals surface area contributed by atoms with Crippen LogP contribution in [0.2, 0.25) is 0 Å². The molecule has 2 aromatic rings. The third-order valence-corrected chi connectivity index (χ3v) is 4.83. The fraction of sp³-hybridized carbons (Fsp3) is 0.526. The van der Waals surface area contributed by atoms with E-state index in [1.165, 1.54) is 43.1 Å². The van der Waals surface area contributed by atoms with Crippen molar-refractivity contribution in [1.82, 2.24) is 10.3 Å². The fourth-order valence-corrected chi connectivity index (χ4v) is 3.66. The van der Waals surface area contributed by atoms with Gasteiger partial charge in [-0.2, -0.15) is 0 Å². The van der Waals surface area contributed by atoms with Crippen LogP contribution in [0.3, 0.4) is 0 Å². The van der Waals surface area contributed by atoms with E-state index in [1.807, 2.05) is 6.20 Å². The Hall–Kier alpha value is -1.41. The number of pyridine rings is 1.